The number of hydrogen-bond acceptors (Lipinski definition) is 6. The van der Waals surface area contributed by atoms with Crippen LogP contribution in [0, 0.1) is 0 Å². The summed E-state index contributed by atoms with van der Waals surface area (Å²) in [7, 11) is 0. The highest BCUT2D eigenvalue weighted by atomic mass is 35.5. The van der Waals surface area contributed by atoms with E-state index in [9.17, 15) is 14.7 Å². The van der Waals surface area contributed by atoms with E-state index in [4.69, 9.17) is 11.6 Å². The summed E-state index contributed by atoms with van der Waals surface area (Å²) < 4.78 is 0.435. The molecule has 4 rings (SSSR count). The van der Waals surface area contributed by atoms with Crippen molar-refractivity contribution in [2.45, 2.75) is 6.54 Å². The van der Waals surface area contributed by atoms with Crippen molar-refractivity contribution >= 4 is 40.2 Å². The van der Waals surface area contributed by atoms with Crippen molar-refractivity contribution in [2.24, 2.45) is 0 Å². The summed E-state index contributed by atoms with van der Waals surface area (Å²) >= 11 is 7.15. The van der Waals surface area contributed by atoms with Crippen LogP contribution in [0.15, 0.2) is 42.6 Å². The smallest absolute Gasteiger partial charge is 0.198 e. The predicted molar refractivity (Wildman–Crippen MR) is 95.9 cm³/mol. The van der Waals surface area contributed by atoms with E-state index in [1.165, 1.54) is 17.4 Å². The lowest BCUT2D eigenvalue weighted by Gasteiger charge is -2.21. The Labute approximate surface area is 151 Å². The minimum Gasteiger partial charge on any atom is -0.507 e. The molecule has 2 aromatic carbocycles. The minimum atomic E-state index is -0.354. The zero-order chi connectivity index (χ0) is 17.6. The number of fused-ring (bicyclic) bond motifs is 2. The van der Waals surface area contributed by atoms with E-state index in [1.807, 2.05) is 0 Å². The molecule has 0 amide bonds. The van der Waals surface area contributed by atoms with Crippen LogP contribution in [0.25, 0.3) is 0 Å². The number of nitrogens with one attached hydrogen (secondary N) is 1. The molecule has 0 radical (unpaired) electrons. The van der Waals surface area contributed by atoms with E-state index in [1.54, 1.807) is 36.5 Å². The fourth-order valence-corrected chi connectivity index (χ4v) is 3.82. The standard InChI is InChI=1S/C18H11ClN2O3S/c19-18-21-8-9(25-18)7-20-12-5-6-13(22)15-14(12)16(23)10-3-1-2-4-11(10)17(15)24/h1-6,8,20,22H,7H2. The summed E-state index contributed by atoms with van der Waals surface area (Å²) in [5.41, 5.74) is 1.37. The molecule has 25 heavy (non-hydrogen) atoms. The zero-order valence-corrected chi connectivity index (χ0v) is 14.3. The Bertz CT molecular complexity index is 1030. The third kappa shape index (κ3) is 2.59. The molecule has 0 unspecified atom stereocenters. The van der Waals surface area contributed by atoms with Crippen molar-refractivity contribution in [3.8, 4) is 5.75 Å². The molecule has 0 saturated heterocycles. The molecule has 0 bridgehead atoms. The van der Waals surface area contributed by atoms with Gasteiger partial charge in [0.25, 0.3) is 0 Å². The number of carbonyl (C=O) groups is 2. The number of phenols is 1. The maximum atomic E-state index is 12.9. The van der Waals surface area contributed by atoms with Crippen LogP contribution in [0.4, 0.5) is 5.69 Å². The second-order valence-electron chi connectivity index (χ2n) is 5.52. The lowest BCUT2D eigenvalue weighted by Crippen LogP contribution is -2.22. The number of aromatic hydroxyl groups is 1. The number of thiazole rings is 1. The SMILES string of the molecule is O=C1c2ccccc2C(=O)c2c(NCc3cnc(Cl)s3)ccc(O)c21. The summed E-state index contributed by atoms with van der Waals surface area (Å²) in [5.74, 6) is -0.840. The Hall–Kier alpha value is -2.70. The third-order valence-corrected chi connectivity index (χ3v) is 5.15. The average Bonchev–Trinajstić information content (AvgIpc) is 3.04. The van der Waals surface area contributed by atoms with Crippen molar-refractivity contribution in [2.75, 3.05) is 5.32 Å². The molecule has 0 saturated carbocycles. The van der Waals surface area contributed by atoms with Gasteiger partial charge in [0, 0.05) is 27.9 Å². The molecule has 1 aliphatic rings. The molecule has 5 nitrogen and oxygen atoms in total. The van der Waals surface area contributed by atoms with Gasteiger partial charge >= 0.3 is 0 Å². The Morgan fingerprint density at radius 2 is 1.72 bits per heavy atom. The van der Waals surface area contributed by atoms with Crippen LogP contribution < -0.4 is 5.32 Å². The molecule has 1 heterocycles. The van der Waals surface area contributed by atoms with Crippen LogP contribution in [0.5, 0.6) is 5.75 Å². The Morgan fingerprint density at radius 1 is 1.04 bits per heavy atom. The largest absolute Gasteiger partial charge is 0.507 e. The second kappa shape index (κ2) is 5.98. The fourth-order valence-electron chi connectivity index (χ4n) is 2.90. The summed E-state index contributed by atoms with van der Waals surface area (Å²) in [5, 5.41) is 13.3. The Kier molecular flexibility index (Phi) is 3.78. The van der Waals surface area contributed by atoms with Gasteiger partial charge in [0.15, 0.2) is 16.0 Å². The molecule has 0 spiro atoms. The van der Waals surface area contributed by atoms with Gasteiger partial charge in [-0.3, -0.25) is 9.59 Å². The lowest BCUT2D eigenvalue weighted by molar-refractivity contribution is 0.0977. The molecule has 0 atom stereocenters. The van der Waals surface area contributed by atoms with Crippen LogP contribution in [-0.2, 0) is 6.54 Å². The molecule has 1 aromatic heterocycles. The quantitative estimate of drug-likeness (QED) is 0.535. The summed E-state index contributed by atoms with van der Waals surface area (Å²) in [6.07, 6.45) is 1.65. The van der Waals surface area contributed by atoms with Crippen molar-refractivity contribution in [1.29, 1.82) is 0 Å². The van der Waals surface area contributed by atoms with Crippen LogP contribution in [0.1, 0.15) is 36.7 Å². The number of anilines is 1. The number of nitrogens with zero attached hydrogens (tertiary/aromatic N) is 1. The highest BCUT2D eigenvalue weighted by molar-refractivity contribution is 7.15. The van der Waals surface area contributed by atoms with Crippen LogP contribution in [0.2, 0.25) is 4.47 Å². The monoisotopic (exact) mass is 370 g/mol. The van der Waals surface area contributed by atoms with E-state index < -0.39 is 0 Å². The number of halogens is 1. The van der Waals surface area contributed by atoms with Gasteiger partial charge in [0.1, 0.15) is 5.75 Å². The van der Waals surface area contributed by atoms with Gasteiger partial charge in [0.2, 0.25) is 0 Å². The summed E-state index contributed by atoms with van der Waals surface area (Å²) in [6.45, 7) is 0.407. The van der Waals surface area contributed by atoms with Gasteiger partial charge in [-0.05, 0) is 12.1 Å². The van der Waals surface area contributed by atoms with Gasteiger partial charge in [-0.1, -0.05) is 35.9 Å². The highest BCUT2D eigenvalue weighted by Gasteiger charge is 2.33. The fraction of sp³-hybridized carbons (Fsp3) is 0.0556. The number of rotatable bonds is 3. The van der Waals surface area contributed by atoms with Gasteiger partial charge in [-0.2, -0.15) is 0 Å². The molecule has 2 N–H and O–H groups in total. The van der Waals surface area contributed by atoms with E-state index >= 15 is 0 Å². The number of hydrogen-bond donors (Lipinski definition) is 2. The number of ketones is 2. The van der Waals surface area contributed by atoms with Gasteiger partial charge in [0.05, 0.1) is 17.7 Å². The first-order valence-electron chi connectivity index (χ1n) is 7.44. The topological polar surface area (TPSA) is 79.3 Å². The molecule has 7 heteroatoms. The minimum absolute atomic E-state index is 0.0380. The lowest BCUT2D eigenvalue weighted by atomic mass is 9.82. The second-order valence-corrected chi connectivity index (χ2v) is 7.22. The average molecular weight is 371 g/mol. The van der Waals surface area contributed by atoms with Crippen molar-refractivity contribution < 1.29 is 14.7 Å². The van der Waals surface area contributed by atoms with Gasteiger partial charge in [-0.25, -0.2) is 4.98 Å². The van der Waals surface area contributed by atoms with Crippen molar-refractivity contribution in [3.63, 3.8) is 0 Å². The van der Waals surface area contributed by atoms with E-state index in [0.717, 1.165) is 4.88 Å². The van der Waals surface area contributed by atoms with Crippen LogP contribution in [-0.4, -0.2) is 21.7 Å². The molecule has 1 aliphatic carbocycles. The first-order chi connectivity index (χ1) is 12.1. The van der Waals surface area contributed by atoms with E-state index in [0.29, 0.717) is 27.8 Å². The molecular formula is C18H11ClN2O3S. The maximum absolute atomic E-state index is 12.9. The normalized spacial score (nSPS) is 12.7. The molecule has 124 valence electrons. The third-order valence-electron chi connectivity index (χ3n) is 4.03. The Balaban J connectivity index is 1.78. The predicted octanol–water partition coefficient (Wildman–Crippen LogP) is 3.89. The maximum Gasteiger partial charge on any atom is 0.198 e. The molecule has 0 fully saturated rings. The molecular weight excluding hydrogens is 360 g/mol. The van der Waals surface area contributed by atoms with Crippen molar-refractivity contribution in [3.05, 3.63) is 74.2 Å². The molecule has 3 aromatic rings. The number of carbonyl (C=O) groups excluding carboxylic acids is 2. The number of aromatic nitrogens is 1. The Morgan fingerprint density at radius 3 is 2.36 bits per heavy atom. The van der Waals surface area contributed by atoms with Crippen LogP contribution in [0.3, 0.4) is 0 Å². The summed E-state index contributed by atoms with van der Waals surface area (Å²) in [4.78, 5) is 30.5. The van der Waals surface area contributed by atoms with Gasteiger partial charge < -0.3 is 10.4 Å². The number of benzene rings is 2. The van der Waals surface area contributed by atoms with E-state index in [-0.39, 0.29) is 28.4 Å². The first-order valence-corrected chi connectivity index (χ1v) is 8.64. The zero-order valence-electron chi connectivity index (χ0n) is 12.7. The number of phenolic OH excluding ortho intramolecular Hbond substituents is 1. The first kappa shape index (κ1) is 15.8. The highest BCUT2D eigenvalue weighted by Crippen LogP contribution is 2.37. The van der Waals surface area contributed by atoms with Gasteiger partial charge in [-0.15, -0.1) is 11.3 Å². The summed E-state index contributed by atoms with van der Waals surface area (Å²) in [6, 6.07) is 9.63. The van der Waals surface area contributed by atoms with E-state index in [2.05, 4.69) is 10.3 Å². The van der Waals surface area contributed by atoms with Crippen molar-refractivity contribution in [1.82, 2.24) is 4.98 Å². The molecule has 0 aliphatic heterocycles. The van der Waals surface area contributed by atoms with Crippen LogP contribution >= 0.6 is 22.9 Å².